The van der Waals surface area contributed by atoms with Crippen molar-refractivity contribution >= 4 is 22.4 Å². The number of carbonyl (C=O) groups excluding carboxylic acids is 1. The van der Waals surface area contributed by atoms with Crippen LogP contribution in [-0.4, -0.2) is 63.7 Å². The van der Waals surface area contributed by atoms with E-state index in [1.807, 2.05) is 37.8 Å². The molecule has 1 aromatic carbocycles. The quantitative estimate of drug-likeness (QED) is 0.443. The zero-order chi connectivity index (χ0) is 22.9. The first-order valence-electron chi connectivity index (χ1n) is 11.3. The van der Waals surface area contributed by atoms with Crippen molar-refractivity contribution in [3.05, 3.63) is 71.9 Å². The van der Waals surface area contributed by atoms with Crippen molar-refractivity contribution in [2.45, 2.75) is 13.3 Å². The smallest absolute Gasteiger partial charge is 0.169 e. The van der Waals surface area contributed by atoms with Gasteiger partial charge < -0.3 is 9.80 Å². The van der Waals surface area contributed by atoms with Crippen LogP contribution in [0.15, 0.2) is 55.1 Å². The van der Waals surface area contributed by atoms with Gasteiger partial charge in [-0.05, 0) is 48.7 Å². The largest absolute Gasteiger partial charge is 0.354 e. The van der Waals surface area contributed by atoms with Crippen LogP contribution >= 0.6 is 0 Å². The predicted octanol–water partition coefficient (Wildman–Crippen LogP) is 3.52. The summed E-state index contributed by atoms with van der Waals surface area (Å²) in [5, 5.41) is 6.48. The minimum Gasteiger partial charge on any atom is -0.354 e. The Bertz CT molecular complexity index is 1320. The normalized spacial score (nSPS) is 14.7. The van der Waals surface area contributed by atoms with E-state index < -0.39 is 0 Å². The molecule has 0 N–H and O–H groups in total. The second-order valence-corrected chi connectivity index (χ2v) is 8.83. The molecule has 7 heteroatoms. The maximum Gasteiger partial charge on any atom is 0.169 e. The predicted molar refractivity (Wildman–Crippen MR) is 131 cm³/mol. The Hall–Kier alpha value is -3.58. The average Bonchev–Trinajstić information content (AvgIpc) is 3.26. The fourth-order valence-electron chi connectivity index (χ4n) is 4.45. The van der Waals surface area contributed by atoms with Crippen LogP contribution in [0, 0.1) is 6.92 Å². The molecular formula is C26H28N6O. The van der Waals surface area contributed by atoms with Crippen LogP contribution in [-0.2, 0) is 13.5 Å². The van der Waals surface area contributed by atoms with Gasteiger partial charge in [-0.3, -0.25) is 14.5 Å². The van der Waals surface area contributed by atoms with Gasteiger partial charge in [0.1, 0.15) is 5.82 Å². The van der Waals surface area contributed by atoms with Crippen molar-refractivity contribution in [2.75, 3.05) is 38.1 Å². The van der Waals surface area contributed by atoms with Crippen molar-refractivity contribution in [1.82, 2.24) is 24.6 Å². The van der Waals surface area contributed by atoms with E-state index in [4.69, 9.17) is 0 Å². The number of Topliss-reactive ketones (excluding diaryl/α,β-unsaturated/α-hetero) is 1. The summed E-state index contributed by atoms with van der Waals surface area (Å²) in [7, 11) is 4.05. The van der Waals surface area contributed by atoms with Crippen LogP contribution in [0.1, 0.15) is 21.6 Å². The van der Waals surface area contributed by atoms with Gasteiger partial charge in [0.25, 0.3) is 0 Å². The maximum atomic E-state index is 13.1. The van der Waals surface area contributed by atoms with E-state index >= 15 is 0 Å². The number of likely N-dealkylation sites (N-methyl/N-ethyl adjacent to an activating group) is 1. The van der Waals surface area contributed by atoms with Crippen LogP contribution in [0.25, 0.3) is 21.9 Å². The number of benzene rings is 1. The standard InChI is InChI=1S/C26H28N6O/c1-18-23(21-16-29-31(3)17-21)5-4-20-15-28-22(13-24(18)20)14-25(33)19-6-7-27-26(12-19)32-10-8-30(2)9-11-32/h4-7,12-13,15-17H,8-11,14H2,1-3H3. The number of anilines is 1. The van der Waals surface area contributed by atoms with E-state index in [1.54, 1.807) is 16.9 Å². The molecule has 1 fully saturated rings. The van der Waals surface area contributed by atoms with Gasteiger partial charge >= 0.3 is 0 Å². The summed E-state index contributed by atoms with van der Waals surface area (Å²) >= 11 is 0. The molecule has 1 aliphatic rings. The second-order valence-electron chi connectivity index (χ2n) is 8.83. The summed E-state index contributed by atoms with van der Waals surface area (Å²) in [6.07, 6.45) is 7.75. The molecule has 4 heterocycles. The molecule has 5 rings (SSSR count). The van der Waals surface area contributed by atoms with E-state index in [1.165, 1.54) is 0 Å². The van der Waals surface area contributed by atoms with Crippen molar-refractivity contribution in [3.8, 4) is 11.1 Å². The zero-order valence-electron chi connectivity index (χ0n) is 19.3. The van der Waals surface area contributed by atoms with Gasteiger partial charge in [-0.15, -0.1) is 0 Å². The molecule has 0 aliphatic carbocycles. The molecule has 0 radical (unpaired) electrons. The Morgan fingerprint density at radius 2 is 1.82 bits per heavy atom. The Kier molecular flexibility index (Phi) is 5.64. The summed E-state index contributed by atoms with van der Waals surface area (Å²) in [5.74, 6) is 0.929. The highest BCUT2D eigenvalue weighted by Crippen LogP contribution is 2.29. The van der Waals surface area contributed by atoms with Crippen LogP contribution in [0.5, 0.6) is 0 Å². The summed E-state index contributed by atoms with van der Waals surface area (Å²) in [6, 6.07) is 9.95. The third kappa shape index (κ3) is 4.36. The number of pyridine rings is 2. The Morgan fingerprint density at radius 1 is 1.00 bits per heavy atom. The van der Waals surface area contributed by atoms with Gasteiger partial charge in [-0.2, -0.15) is 5.10 Å². The number of hydrogen-bond donors (Lipinski definition) is 0. The molecule has 0 bridgehead atoms. The molecule has 7 nitrogen and oxygen atoms in total. The average molecular weight is 441 g/mol. The molecule has 0 atom stereocenters. The first-order chi connectivity index (χ1) is 16.0. The summed E-state index contributed by atoms with van der Waals surface area (Å²) in [5.41, 5.74) is 4.85. The number of ketones is 1. The lowest BCUT2D eigenvalue weighted by Crippen LogP contribution is -2.44. The van der Waals surface area contributed by atoms with Crippen molar-refractivity contribution < 1.29 is 4.79 Å². The Balaban J connectivity index is 1.39. The summed E-state index contributed by atoms with van der Waals surface area (Å²) in [4.78, 5) is 26.7. The van der Waals surface area contributed by atoms with Gasteiger partial charge in [0, 0.05) is 74.0 Å². The van der Waals surface area contributed by atoms with Crippen molar-refractivity contribution in [1.29, 1.82) is 0 Å². The van der Waals surface area contributed by atoms with Gasteiger partial charge in [0.2, 0.25) is 0 Å². The molecule has 33 heavy (non-hydrogen) atoms. The molecule has 4 aromatic rings. The molecule has 0 spiro atoms. The Morgan fingerprint density at radius 3 is 2.58 bits per heavy atom. The lowest BCUT2D eigenvalue weighted by atomic mass is 9.96. The van der Waals surface area contributed by atoms with Crippen LogP contribution < -0.4 is 4.90 Å². The first kappa shape index (κ1) is 21.3. The lowest BCUT2D eigenvalue weighted by molar-refractivity contribution is 0.0992. The minimum absolute atomic E-state index is 0.0562. The molecular weight excluding hydrogens is 412 g/mol. The highest BCUT2D eigenvalue weighted by molar-refractivity contribution is 5.98. The van der Waals surface area contributed by atoms with Gasteiger partial charge in [-0.25, -0.2) is 4.98 Å². The van der Waals surface area contributed by atoms with E-state index in [-0.39, 0.29) is 12.2 Å². The molecule has 0 amide bonds. The third-order valence-electron chi connectivity index (χ3n) is 6.48. The second kappa shape index (κ2) is 8.75. The minimum atomic E-state index is 0.0562. The van der Waals surface area contributed by atoms with Gasteiger partial charge in [-0.1, -0.05) is 12.1 Å². The number of carbonyl (C=O) groups is 1. The number of rotatable bonds is 5. The van der Waals surface area contributed by atoms with E-state index in [2.05, 4.69) is 51.0 Å². The highest BCUT2D eigenvalue weighted by Gasteiger charge is 2.17. The van der Waals surface area contributed by atoms with Crippen LogP contribution in [0.2, 0.25) is 0 Å². The third-order valence-corrected chi connectivity index (χ3v) is 6.48. The monoisotopic (exact) mass is 440 g/mol. The fraction of sp³-hybridized carbons (Fsp3) is 0.308. The molecule has 0 saturated carbocycles. The maximum absolute atomic E-state index is 13.1. The number of aryl methyl sites for hydroxylation is 2. The fourth-order valence-corrected chi connectivity index (χ4v) is 4.45. The van der Waals surface area contributed by atoms with Gasteiger partial charge in [0.05, 0.1) is 12.6 Å². The molecule has 168 valence electrons. The Labute approximate surface area is 193 Å². The van der Waals surface area contributed by atoms with Crippen molar-refractivity contribution in [3.63, 3.8) is 0 Å². The van der Waals surface area contributed by atoms with Crippen molar-refractivity contribution in [2.24, 2.45) is 7.05 Å². The van der Waals surface area contributed by atoms with E-state index in [0.717, 1.165) is 65.2 Å². The van der Waals surface area contributed by atoms with E-state index in [0.29, 0.717) is 5.56 Å². The zero-order valence-corrected chi connectivity index (χ0v) is 19.3. The number of piperazine rings is 1. The first-order valence-corrected chi connectivity index (χ1v) is 11.3. The van der Waals surface area contributed by atoms with E-state index in [9.17, 15) is 4.79 Å². The summed E-state index contributed by atoms with van der Waals surface area (Å²) < 4.78 is 1.81. The number of hydrogen-bond acceptors (Lipinski definition) is 6. The number of fused-ring (bicyclic) bond motifs is 1. The number of nitrogens with zero attached hydrogens (tertiary/aromatic N) is 6. The topological polar surface area (TPSA) is 67.2 Å². The molecule has 0 unspecified atom stereocenters. The lowest BCUT2D eigenvalue weighted by Gasteiger charge is -2.33. The molecule has 1 aliphatic heterocycles. The SMILES string of the molecule is Cc1c(-c2cnn(C)c2)ccc2cnc(CC(=O)c3ccnc(N4CCN(C)CC4)c3)cc12. The highest BCUT2D eigenvalue weighted by atomic mass is 16.1. The number of aromatic nitrogens is 4. The van der Waals surface area contributed by atoms with Crippen LogP contribution in [0.3, 0.4) is 0 Å². The summed E-state index contributed by atoms with van der Waals surface area (Å²) in [6.45, 7) is 5.96. The molecule has 1 saturated heterocycles. The van der Waals surface area contributed by atoms with Gasteiger partial charge in [0.15, 0.2) is 5.78 Å². The van der Waals surface area contributed by atoms with Crippen LogP contribution in [0.4, 0.5) is 5.82 Å². The molecule has 3 aromatic heterocycles.